The highest BCUT2D eigenvalue weighted by Gasteiger charge is 2.31. The number of amides is 1. The number of carbonyl (C=O) groups excluding carboxylic acids is 1. The quantitative estimate of drug-likeness (QED) is 0.705. The van der Waals surface area contributed by atoms with Crippen molar-refractivity contribution in [3.8, 4) is 0 Å². The Labute approximate surface area is 187 Å². The van der Waals surface area contributed by atoms with Gasteiger partial charge in [-0.3, -0.25) is 4.79 Å². The first-order valence-corrected chi connectivity index (χ1v) is 13.3. The molecule has 2 aromatic rings. The maximum absolute atomic E-state index is 14.4. The molecule has 0 aliphatic carbocycles. The van der Waals surface area contributed by atoms with Gasteiger partial charge in [0.05, 0.1) is 15.4 Å². The van der Waals surface area contributed by atoms with E-state index in [4.69, 9.17) is 0 Å². The Morgan fingerprint density at radius 1 is 0.938 bits per heavy atom. The number of carbonyl (C=O) groups is 1. The number of piperidine rings is 1. The van der Waals surface area contributed by atoms with E-state index in [-0.39, 0.29) is 21.9 Å². The number of anilines is 1. The molecule has 0 unspecified atom stereocenters. The van der Waals surface area contributed by atoms with E-state index in [2.05, 4.69) is 4.72 Å². The summed E-state index contributed by atoms with van der Waals surface area (Å²) in [4.78, 5) is 14.4. The number of fused-ring (bicyclic) bond motifs is 1. The second-order valence-corrected chi connectivity index (χ2v) is 11.6. The Balaban J connectivity index is 1.64. The highest BCUT2D eigenvalue weighted by atomic mass is 32.2. The van der Waals surface area contributed by atoms with E-state index >= 15 is 0 Å². The van der Waals surface area contributed by atoms with Crippen LogP contribution >= 0.6 is 0 Å². The first-order chi connectivity index (χ1) is 15.1. The van der Waals surface area contributed by atoms with E-state index in [1.165, 1.54) is 22.3 Å². The predicted molar refractivity (Wildman–Crippen MR) is 117 cm³/mol. The number of benzene rings is 2. The van der Waals surface area contributed by atoms with Crippen molar-refractivity contribution in [1.29, 1.82) is 0 Å². The molecule has 1 saturated heterocycles. The number of rotatable bonds is 5. The van der Waals surface area contributed by atoms with E-state index in [9.17, 15) is 26.0 Å². The van der Waals surface area contributed by atoms with Gasteiger partial charge < -0.3 is 4.90 Å². The van der Waals surface area contributed by atoms with Crippen LogP contribution in [0.25, 0.3) is 0 Å². The summed E-state index contributed by atoms with van der Waals surface area (Å²) in [6.45, 7) is 1.23. The lowest BCUT2D eigenvalue weighted by molar-refractivity contribution is 0.0985. The summed E-state index contributed by atoms with van der Waals surface area (Å²) in [6.07, 6.45) is 3.10. The van der Waals surface area contributed by atoms with Crippen LogP contribution in [-0.2, 0) is 26.5 Å². The van der Waals surface area contributed by atoms with Crippen molar-refractivity contribution in [1.82, 2.24) is 9.03 Å². The van der Waals surface area contributed by atoms with Gasteiger partial charge in [-0.25, -0.2) is 25.9 Å². The third-order valence-electron chi connectivity index (χ3n) is 5.89. The first kappa shape index (κ1) is 22.8. The first-order valence-electron chi connectivity index (χ1n) is 10.3. The van der Waals surface area contributed by atoms with Crippen molar-refractivity contribution in [2.75, 3.05) is 31.6 Å². The summed E-state index contributed by atoms with van der Waals surface area (Å²) in [5.74, 6) is -1.51. The van der Waals surface area contributed by atoms with Gasteiger partial charge in [0.2, 0.25) is 20.0 Å². The molecule has 2 aliphatic heterocycles. The van der Waals surface area contributed by atoms with E-state index < -0.39 is 31.8 Å². The molecule has 0 bridgehead atoms. The number of sulfonamides is 2. The van der Waals surface area contributed by atoms with Gasteiger partial charge in [0.25, 0.3) is 5.91 Å². The second-order valence-electron chi connectivity index (χ2n) is 7.81. The predicted octanol–water partition coefficient (Wildman–Crippen LogP) is 2.11. The highest BCUT2D eigenvalue weighted by molar-refractivity contribution is 7.89. The molecular weight excluding hydrogens is 457 g/mol. The number of hydrogen-bond donors (Lipinski definition) is 1. The fourth-order valence-corrected chi connectivity index (χ4v) is 6.43. The maximum atomic E-state index is 14.4. The van der Waals surface area contributed by atoms with Gasteiger partial charge >= 0.3 is 0 Å². The van der Waals surface area contributed by atoms with Crippen molar-refractivity contribution in [2.24, 2.45) is 0 Å². The van der Waals surface area contributed by atoms with Gasteiger partial charge in [-0.15, -0.1) is 0 Å². The van der Waals surface area contributed by atoms with Gasteiger partial charge in [0.15, 0.2) is 0 Å². The molecule has 172 valence electrons. The third kappa shape index (κ3) is 4.05. The van der Waals surface area contributed by atoms with E-state index in [0.29, 0.717) is 30.8 Å². The normalized spacial score (nSPS) is 17.4. The number of halogens is 1. The molecule has 32 heavy (non-hydrogen) atoms. The molecule has 1 fully saturated rings. The largest absolute Gasteiger partial charge is 0.308 e. The van der Waals surface area contributed by atoms with Gasteiger partial charge in [0, 0.05) is 25.3 Å². The van der Waals surface area contributed by atoms with Crippen LogP contribution < -0.4 is 9.62 Å². The molecule has 0 aromatic heterocycles. The van der Waals surface area contributed by atoms with Crippen LogP contribution in [0, 0.1) is 5.82 Å². The van der Waals surface area contributed by atoms with Crippen LogP contribution in [0.3, 0.4) is 0 Å². The van der Waals surface area contributed by atoms with Crippen LogP contribution in [0.5, 0.6) is 0 Å². The van der Waals surface area contributed by atoms with Gasteiger partial charge in [-0.05, 0) is 68.3 Å². The maximum Gasteiger partial charge on any atom is 0.261 e. The lowest BCUT2D eigenvalue weighted by atomic mass is 10.1. The number of nitrogens with one attached hydrogen (secondary N) is 1. The van der Waals surface area contributed by atoms with Crippen LogP contribution in [0.15, 0.2) is 46.2 Å². The van der Waals surface area contributed by atoms with Crippen molar-refractivity contribution in [3.05, 3.63) is 53.3 Å². The Morgan fingerprint density at radius 2 is 1.62 bits per heavy atom. The molecule has 2 aliphatic rings. The molecule has 0 saturated carbocycles. The topological polar surface area (TPSA) is 104 Å². The van der Waals surface area contributed by atoms with Crippen LogP contribution in [0.1, 0.15) is 35.2 Å². The van der Waals surface area contributed by atoms with Crippen LogP contribution in [-0.4, -0.2) is 53.7 Å². The molecule has 2 heterocycles. The lowest BCUT2D eigenvalue weighted by Gasteiger charge is -2.26. The molecule has 8 nitrogen and oxygen atoms in total. The molecular formula is C21H24FN3O5S2. The molecule has 4 rings (SSSR count). The van der Waals surface area contributed by atoms with Crippen molar-refractivity contribution in [3.63, 3.8) is 0 Å². The number of hydrogen-bond acceptors (Lipinski definition) is 5. The van der Waals surface area contributed by atoms with Crippen LogP contribution in [0.4, 0.5) is 10.1 Å². The van der Waals surface area contributed by atoms with E-state index in [1.54, 1.807) is 12.1 Å². The second kappa shape index (κ2) is 8.54. The van der Waals surface area contributed by atoms with E-state index in [0.717, 1.165) is 37.5 Å². The Kier molecular flexibility index (Phi) is 6.10. The summed E-state index contributed by atoms with van der Waals surface area (Å²) in [5, 5.41) is 0. The zero-order valence-electron chi connectivity index (χ0n) is 17.5. The molecule has 0 atom stereocenters. The average Bonchev–Trinajstić information content (AvgIpc) is 3.22. The van der Waals surface area contributed by atoms with Crippen molar-refractivity contribution >= 4 is 31.6 Å². The molecule has 1 amide bonds. The van der Waals surface area contributed by atoms with Crippen molar-refractivity contribution in [2.45, 2.75) is 35.5 Å². The van der Waals surface area contributed by atoms with E-state index in [1.807, 2.05) is 0 Å². The SMILES string of the molecule is CNS(=O)(=O)c1ccc(F)c(C(=O)N2CCc3cc(S(=O)(=O)N4CCCCC4)ccc32)c1. The molecule has 1 N–H and O–H groups in total. The minimum absolute atomic E-state index is 0.181. The Bertz CT molecular complexity index is 1270. The lowest BCUT2D eigenvalue weighted by Crippen LogP contribution is -2.35. The molecule has 2 aromatic carbocycles. The zero-order chi connectivity index (χ0) is 23.1. The molecule has 0 radical (unpaired) electrons. The van der Waals surface area contributed by atoms with Crippen LogP contribution in [0.2, 0.25) is 0 Å². The average molecular weight is 482 g/mol. The van der Waals surface area contributed by atoms with Crippen molar-refractivity contribution < 1.29 is 26.0 Å². The highest BCUT2D eigenvalue weighted by Crippen LogP contribution is 2.33. The Morgan fingerprint density at radius 3 is 2.31 bits per heavy atom. The summed E-state index contributed by atoms with van der Waals surface area (Å²) in [5.41, 5.74) is 0.809. The summed E-state index contributed by atoms with van der Waals surface area (Å²) >= 11 is 0. The summed E-state index contributed by atoms with van der Waals surface area (Å²) in [6, 6.07) is 7.65. The smallest absolute Gasteiger partial charge is 0.261 e. The summed E-state index contributed by atoms with van der Waals surface area (Å²) in [7, 11) is -6.23. The minimum atomic E-state index is -3.85. The molecule has 11 heteroatoms. The summed E-state index contributed by atoms with van der Waals surface area (Å²) < 4.78 is 68.1. The minimum Gasteiger partial charge on any atom is -0.308 e. The fraction of sp³-hybridized carbons (Fsp3) is 0.381. The van der Waals surface area contributed by atoms with Gasteiger partial charge in [-0.1, -0.05) is 6.42 Å². The standard InChI is InChI=1S/C21H24FN3O5S2/c1-23-31(27,28)16-5-7-19(22)18(14-16)21(26)25-12-9-15-13-17(6-8-20(15)25)32(29,30)24-10-3-2-4-11-24/h5-8,13-14,23H,2-4,9-12H2,1H3. The number of nitrogens with zero attached hydrogens (tertiary/aromatic N) is 2. The van der Waals surface area contributed by atoms with Gasteiger partial charge in [-0.2, -0.15) is 4.31 Å². The monoisotopic (exact) mass is 481 g/mol. The van der Waals surface area contributed by atoms with Gasteiger partial charge in [0.1, 0.15) is 5.82 Å². The fourth-order valence-electron chi connectivity index (χ4n) is 4.10. The Hall–Kier alpha value is -2.34. The zero-order valence-corrected chi connectivity index (χ0v) is 19.2. The molecule has 0 spiro atoms. The third-order valence-corrected chi connectivity index (χ3v) is 9.20.